The molecular weight excluding hydrogens is 418 g/mol. The number of nitrogens with one attached hydrogen (secondary N) is 1. The van der Waals surface area contributed by atoms with Gasteiger partial charge in [-0.2, -0.15) is 0 Å². The fourth-order valence-corrected chi connectivity index (χ4v) is 4.18. The number of thioether (sulfide) groups is 1. The Balaban J connectivity index is 1.97. The quantitative estimate of drug-likeness (QED) is 0.432. The minimum absolute atomic E-state index is 0.190. The van der Waals surface area contributed by atoms with Gasteiger partial charge in [-0.1, -0.05) is 22.0 Å². The topological polar surface area (TPSA) is 54.9 Å². The van der Waals surface area contributed by atoms with E-state index in [1.54, 1.807) is 11.3 Å². The van der Waals surface area contributed by atoms with Crippen LogP contribution in [0.4, 0.5) is 5.69 Å². The van der Waals surface area contributed by atoms with Crippen LogP contribution >= 0.6 is 39.0 Å². The zero-order chi connectivity index (χ0) is 18.0. The van der Waals surface area contributed by atoms with E-state index in [-0.39, 0.29) is 5.91 Å². The third-order valence-corrected chi connectivity index (χ3v) is 5.70. The van der Waals surface area contributed by atoms with E-state index in [1.807, 2.05) is 55.8 Å². The summed E-state index contributed by atoms with van der Waals surface area (Å²) >= 11 is 6.47. The van der Waals surface area contributed by atoms with Gasteiger partial charge in [-0.3, -0.25) is 4.79 Å². The zero-order valence-corrected chi connectivity index (χ0v) is 17.2. The van der Waals surface area contributed by atoms with Crippen LogP contribution in [0, 0.1) is 13.8 Å². The number of aromatic nitrogens is 2. The van der Waals surface area contributed by atoms with Gasteiger partial charge in [0.2, 0.25) is 0 Å². The Hall–Kier alpha value is -1.70. The monoisotopic (exact) mass is 433 g/mol. The second-order valence-corrected chi connectivity index (χ2v) is 8.07. The van der Waals surface area contributed by atoms with Crippen molar-refractivity contribution in [2.75, 3.05) is 11.6 Å². The summed E-state index contributed by atoms with van der Waals surface area (Å²) in [7, 11) is 0. The normalized spacial score (nSPS) is 10.7. The fourth-order valence-electron chi connectivity index (χ4n) is 2.42. The molecule has 0 aliphatic carbocycles. The van der Waals surface area contributed by atoms with Crippen LogP contribution in [0.15, 0.2) is 45.2 Å². The van der Waals surface area contributed by atoms with Gasteiger partial charge in [0.1, 0.15) is 5.03 Å². The second kappa shape index (κ2) is 7.68. The van der Waals surface area contributed by atoms with E-state index >= 15 is 0 Å². The maximum Gasteiger partial charge on any atom is 0.260 e. The Kier molecular flexibility index (Phi) is 5.56. The molecule has 0 bridgehead atoms. The van der Waals surface area contributed by atoms with Crippen LogP contribution in [0.3, 0.4) is 0 Å². The highest BCUT2D eigenvalue weighted by atomic mass is 79.9. The molecule has 0 atom stereocenters. The van der Waals surface area contributed by atoms with Crippen LogP contribution in [0.5, 0.6) is 0 Å². The molecule has 128 valence electrons. The van der Waals surface area contributed by atoms with Gasteiger partial charge in [0.15, 0.2) is 5.82 Å². The van der Waals surface area contributed by atoms with Gasteiger partial charge < -0.3 is 5.32 Å². The van der Waals surface area contributed by atoms with Crippen molar-refractivity contribution < 1.29 is 4.79 Å². The minimum Gasteiger partial charge on any atom is -0.322 e. The van der Waals surface area contributed by atoms with Crippen LogP contribution in [-0.2, 0) is 0 Å². The predicted octanol–water partition coefficient (Wildman–Crippen LogP) is 5.56. The van der Waals surface area contributed by atoms with Crippen molar-refractivity contribution in [2.45, 2.75) is 18.9 Å². The highest BCUT2D eigenvalue weighted by molar-refractivity contribution is 9.10. The number of thiophene rings is 1. The SMILES string of the molecule is CSc1nc(-c2cccs2)nc(C)c1C(=O)Nc1ccc(Br)cc1C. The number of carbonyl (C=O) groups is 1. The molecule has 7 heteroatoms. The lowest BCUT2D eigenvalue weighted by Crippen LogP contribution is -2.17. The lowest BCUT2D eigenvalue weighted by molar-refractivity contribution is 0.102. The van der Waals surface area contributed by atoms with Crippen molar-refractivity contribution in [2.24, 2.45) is 0 Å². The molecule has 2 heterocycles. The van der Waals surface area contributed by atoms with E-state index < -0.39 is 0 Å². The maximum atomic E-state index is 12.8. The number of hydrogen-bond donors (Lipinski definition) is 1. The van der Waals surface area contributed by atoms with Crippen molar-refractivity contribution in [3.05, 3.63) is 57.0 Å². The molecule has 0 saturated heterocycles. The minimum atomic E-state index is -0.190. The van der Waals surface area contributed by atoms with Gasteiger partial charge in [-0.05, 0) is 55.3 Å². The standard InChI is InChI=1S/C18H16BrN3OS2/c1-10-9-12(19)6-7-13(10)21-17(23)15-11(2)20-16(22-18(15)24-3)14-5-4-8-25-14/h4-9H,1-3H3,(H,21,23). The van der Waals surface area contributed by atoms with E-state index in [0.29, 0.717) is 22.1 Å². The van der Waals surface area contributed by atoms with Gasteiger partial charge in [0, 0.05) is 10.2 Å². The van der Waals surface area contributed by atoms with E-state index in [2.05, 4.69) is 31.2 Å². The Morgan fingerprint density at radius 3 is 2.68 bits per heavy atom. The Bertz CT molecular complexity index is 926. The summed E-state index contributed by atoms with van der Waals surface area (Å²) in [6, 6.07) is 9.70. The van der Waals surface area contributed by atoms with Crippen LogP contribution in [0.25, 0.3) is 10.7 Å². The summed E-state index contributed by atoms with van der Waals surface area (Å²) in [6.07, 6.45) is 1.92. The molecule has 0 aliphatic rings. The molecule has 3 aromatic rings. The van der Waals surface area contributed by atoms with Gasteiger partial charge in [-0.15, -0.1) is 23.1 Å². The van der Waals surface area contributed by atoms with Crippen molar-refractivity contribution in [1.29, 1.82) is 0 Å². The summed E-state index contributed by atoms with van der Waals surface area (Å²) in [5.74, 6) is 0.471. The first-order valence-electron chi connectivity index (χ1n) is 7.53. The number of carbonyl (C=O) groups excluding carboxylic acids is 1. The largest absolute Gasteiger partial charge is 0.322 e. The van der Waals surface area contributed by atoms with Gasteiger partial charge in [0.05, 0.1) is 16.1 Å². The molecule has 0 aliphatic heterocycles. The van der Waals surface area contributed by atoms with Gasteiger partial charge in [0.25, 0.3) is 5.91 Å². The molecule has 1 N–H and O–H groups in total. The number of halogens is 1. The summed E-state index contributed by atoms with van der Waals surface area (Å²) < 4.78 is 0.979. The molecular formula is C18H16BrN3OS2. The number of aryl methyl sites for hydroxylation is 2. The maximum absolute atomic E-state index is 12.8. The predicted molar refractivity (Wildman–Crippen MR) is 109 cm³/mol. The van der Waals surface area contributed by atoms with Crippen LogP contribution < -0.4 is 5.32 Å². The number of hydrogen-bond acceptors (Lipinski definition) is 5. The summed E-state index contributed by atoms with van der Waals surface area (Å²) in [5.41, 5.74) is 2.97. The van der Waals surface area contributed by atoms with E-state index in [1.165, 1.54) is 11.8 Å². The summed E-state index contributed by atoms with van der Waals surface area (Å²) in [4.78, 5) is 23.0. The molecule has 3 rings (SSSR count). The number of nitrogens with zero attached hydrogens (tertiary/aromatic N) is 2. The molecule has 25 heavy (non-hydrogen) atoms. The number of anilines is 1. The lowest BCUT2D eigenvalue weighted by atomic mass is 10.1. The van der Waals surface area contributed by atoms with Crippen LogP contribution in [-0.4, -0.2) is 22.1 Å². The van der Waals surface area contributed by atoms with E-state index in [9.17, 15) is 4.79 Å². The molecule has 1 aromatic carbocycles. The molecule has 1 amide bonds. The van der Waals surface area contributed by atoms with E-state index in [4.69, 9.17) is 0 Å². The molecule has 0 spiro atoms. The summed E-state index contributed by atoms with van der Waals surface area (Å²) in [6.45, 7) is 3.81. The van der Waals surface area contributed by atoms with Crippen molar-refractivity contribution in [1.82, 2.24) is 9.97 Å². The van der Waals surface area contributed by atoms with E-state index in [0.717, 1.165) is 20.6 Å². The first-order chi connectivity index (χ1) is 12.0. The molecule has 0 fully saturated rings. The van der Waals surface area contributed by atoms with Crippen molar-refractivity contribution >= 4 is 50.6 Å². The summed E-state index contributed by atoms with van der Waals surface area (Å²) in [5, 5.41) is 5.65. The fraction of sp³-hybridized carbons (Fsp3) is 0.167. The molecule has 0 radical (unpaired) electrons. The first kappa shape index (κ1) is 18.1. The first-order valence-corrected chi connectivity index (χ1v) is 10.4. The smallest absolute Gasteiger partial charge is 0.260 e. The van der Waals surface area contributed by atoms with Crippen LogP contribution in [0.1, 0.15) is 21.6 Å². The number of amides is 1. The average Bonchev–Trinajstić information content (AvgIpc) is 3.11. The Morgan fingerprint density at radius 1 is 1.24 bits per heavy atom. The molecule has 0 saturated carbocycles. The average molecular weight is 434 g/mol. The van der Waals surface area contributed by atoms with Gasteiger partial charge >= 0.3 is 0 Å². The Morgan fingerprint density at radius 2 is 2.04 bits per heavy atom. The molecule has 4 nitrogen and oxygen atoms in total. The molecule has 2 aromatic heterocycles. The zero-order valence-electron chi connectivity index (χ0n) is 14.0. The lowest BCUT2D eigenvalue weighted by Gasteiger charge is -2.13. The third kappa shape index (κ3) is 3.94. The van der Waals surface area contributed by atoms with Gasteiger partial charge in [-0.25, -0.2) is 9.97 Å². The third-order valence-electron chi connectivity index (χ3n) is 3.66. The highest BCUT2D eigenvalue weighted by Crippen LogP contribution is 2.28. The van der Waals surface area contributed by atoms with Crippen molar-refractivity contribution in [3.63, 3.8) is 0 Å². The molecule has 0 unspecified atom stereocenters. The number of rotatable bonds is 4. The number of benzene rings is 1. The van der Waals surface area contributed by atoms with Crippen molar-refractivity contribution in [3.8, 4) is 10.7 Å². The highest BCUT2D eigenvalue weighted by Gasteiger charge is 2.20. The van der Waals surface area contributed by atoms with Crippen LogP contribution in [0.2, 0.25) is 0 Å². The second-order valence-electron chi connectivity index (χ2n) is 5.41. The Labute approximate surface area is 163 Å².